The van der Waals surface area contributed by atoms with Crippen molar-refractivity contribution in [3.8, 4) is 5.75 Å². The van der Waals surface area contributed by atoms with Crippen molar-refractivity contribution >= 4 is 27.6 Å². The number of urea groups is 1. The molecule has 6 heteroatoms. The minimum atomic E-state index is -0.106. The summed E-state index contributed by atoms with van der Waals surface area (Å²) in [6.45, 7) is 3.34. The summed E-state index contributed by atoms with van der Waals surface area (Å²) in [5, 5.41) is 6.16. The van der Waals surface area contributed by atoms with Crippen molar-refractivity contribution in [3.05, 3.63) is 58.6 Å². The molecule has 1 fully saturated rings. The highest BCUT2D eigenvalue weighted by Crippen LogP contribution is 2.34. The third-order valence-electron chi connectivity index (χ3n) is 5.28. The lowest BCUT2D eigenvalue weighted by atomic mass is 10.0. The minimum absolute atomic E-state index is 0.0179. The fourth-order valence-electron chi connectivity index (χ4n) is 3.83. The number of hydrogen-bond acceptors (Lipinski definition) is 3. The van der Waals surface area contributed by atoms with Crippen molar-refractivity contribution in [3.63, 3.8) is 0 Å². The second-order valence-corrected chi connectivity index (χ2v) is 8.08. The summed E-state index contributed by atoms with van der Waals surface area (Å²) >= 11 is 3.50. The van der Waals surface area contributed by atoms with E-state index in [-0.39, 0.29) is 12.1 Å². The quantitative estimate of drug-likeness (QED) is 0.768. The van der Waals surface area contributed by atoms with Crippen molar-refractivity contribution in [1.82, 2.24) is 10.6 Å². The van der Waals surface area contributed by atoms with Gasteiger partial charge in [-0.15, -0.1) is 0 Å². The fraction of sp³-hybridized carbons (Fsp3) is 0.381. The molecule has 0 aromatic heterocycles. The van der Waals surface area contributed by atoms with Crippen LogP contribution in [0.5, 0.6) is 5.75 Å². The van der Waals surface area contributed by atoms with Crippen LogP contribution in [-0.2, 0) is 0 Å². The Morgan fingerprint density at radius 1 is 1.19 bits per heavy atom. The predicted molar refractivity (Wildman–Crippen MR) is 110 cm³/mol. The van der Waals surface area contributed by atoms with Crippen molar-refractivity contribution in [2.24, 2.45) is 5.92 Å². The van der Waals surface area contributed by atoms with E-state index in [4.69, 9.17) is 4.74 Å². The van der Waals surface area contributed by atoms with Gasteiger partial charge in [0.25, 0.3) is 0 Å². The van der Waals surface area contributed by atoms with Crippen molar-refractivity contribution in [2.45, 2.75) is 18.9 Å². The Morgan fingerprint density at radius 2 is 2.04 bits per heavy atom. The van der Waals surface area contributed by atoms with Crippen LogP contribution in [-0.4, -0.2) is 32.3 Å². The van der Waals surface area contributed by atoms with Gasteiger partial charge in [0.2, 0.25) is 0 Å². The summed E-state index contributed by atoms with van der Waals surface area (Å²) in [5.74, 6) is 1.33. The summed E-state index contributed by atoms with van der Waals surface area (Å²) in [6.07, 6.45) is 1.88. The number of benzene rings is 2. The van der Waals surface area contributed by atoms with Crippen LogP contribution in [0.25, 0.3) is 0 Å². The summed E-state index contributed by atoms with van der Waals surface area (Å²) in [5.41, 5.74) is 2.29. The summed E-state index contributed by atoms with van der Waals surface area (Å²) in [7, 11) is 0. The minimum Gasteiger partial charge on any atom is -0.493 e. The van der Waals surface area contributed by atoms with E-state index >= 15 is 0 Å². The van der Waals surface area contributed by atoms with Crippen LogP contribution in [0.3, 0.4) is 0 Å². The number of halogens is 1. The topological polar surface area (TPSA) is 53.6 Å². The first kappa shape index (κ1) is 18.2. The average Bonchev–Trinajstić information content (AvgIpc) is 3.17. The molecule has 5 nitrogen and oxygen atoms in total. The average molecular weight is 430 g/mol. The van der Waals surface area contributed by atoms with Gasteiger partial charge in [0.05, 0.1) is 12.6 Å². The van der Waals surface area contributed by atoms with Crippen LogP contribution in [0.1, 0.15) is 24.4 Å². The van der Waals surface area contributed by atoms with Crippen LogP contribution in [0.2, 0.25) is 0 Å². The molecule has 4 rings (SSSR count). The highest BCUT2D eigenvalue weighted by atomic mass is 79.9. The number of rotatable bonds is 4. The number of amides is 2. The second kappa shape index (κ2) is 8.21. The van der Waals surface area contributed by atoms with E-state index in [9.17, 15) is 4.79 Å². The molecule has 0 aliphatic carbocycles. The fourth-order valence-corrected chi connectivity index (χ4v) is 4.21. The van der Waals surface area contributed by atoms with E-state index in [1.807, 2.05) is 24.3 Å². The molecule has 0 bridgehead atoms. The lowest BCUT2D eigenvalue weighted by molar-refractivity contribution is 0.222. The zero-order chi connectivity index (χ0) is 18.6. The summed E-state index contributed by atoms with van der Waals surface area (Å²) in [6, 6.07) is 16.3. The van der Waals surface area contributed by atoms with Gasteiger partial charge in [-0.25, -0.2) is 4.79 Å². The molecule has 2 amide bonds. The smallest absolute Gasteiger partial charge is 0.315 e. The third-order valence-corrected chi connectivity index (χ3v) is 5.77. The maximum absolute atomic E-state index is 12.4. The largest absolute Gasteiger partial charge is 0.493 e. The Bertz CT molecular complexity index is 799. The van der Waals surface area contributed by atoms with E-state index in [1.165, 1.54) is 5.69 Å². The predicted octanol–water partition coefficient (Wildman–Crippen LogP) is 4.10. The van der Waals surface area contributed by atoms with Crippen molar-refractivity contribution in [2.75, 3.05) is 31.1 Å². The van der Waals surface area contributed by atoms with Crippen LogP contribution < -0.4 is 20.3 Å². The number of hydrogen-bond donors (Lipinski definition) is 2. The molecule has 2 aromatic carbocycles. The first-order valence-corrected chi connectivity index (χ1v) is 10.2. The zero-order valence-corrected chi connectivity index (χ0v) is 16.7. The Kier molecular flexibility index (Phi) is 5.53. The SMILES string of the molecule is O=C(NCC1CCN(c2ccccc2)C1)NC1CCOc2ccc(Br)cc21. The number of fused-ring (bicyclic) bond motifs is 1. The van der Waals surface area contributed by atoms with Crippen LogP contribution in [0, 0.1) is 5.92 Å². The van der Waals surface area contributed by atoms with Crippen molar-refractivity contribution < 1.29 is 9.53 Å². The molecule has 142 valence electrons. The number of carbonyl (C=O) groups excluding carboxylic acids is 1. The molecule has 2 N–H and O–H groups in total. The molecule has 0 radical (unpaired) electrons. The highest BCUT2D eigenvalue weighted by Gasteiger charge is 2.25. The maximum atomic E-state index is 12.4. The van der Waals surface area contributed by atoms with Crippen LogP contribution in [0.4, 0.5) is 10.5 Å². The number of para-hydroxylation sites is 1. The van der Waals surface area contributed by atoms with Crippen LogP contribution >= 0.6 is 15.9 Å². The van der Waals surface area contributed by atoms with Gasteiger partial charge in [-0.1, -0.05) is 34.1 Å². The molecule has 2 aliphatic heterocycles. The Morgan fingerprint density at radius 3 is 2.89 bits per heavy atom. The molecule has 0 saturated carbocycles. The van der Waals surface area contributed by atoms with Gasteiger partial charge in [0, 0.05) is 41.8 Å². The number of carbonyl (C=O) groups is 1. The van der Waals surface area contributed by atoms with Gasteiger partial charge >= 0.3 is 6.03 Å². The van der Waals surface area contributed by atoms with E-state index in [1.54, 1.807) is 0 Å². The van der Waals surface area contributed by atoms with Gasteiger partial charge in [0.15, 0.2) is 0 Å². The molecule has 2 aromatic rings. The lowest BCUT2D eigenvalue weighted by Crippen LogP contribution is -2.41. The molecule has 2 heterocycles. The highest BCUT2D eigenvalue weighted by molar-refractivity contribution is 9.10. The van der Waals surface area contributed by atoms with Crippen molar-refractivity contribution in [1.29, 1.82) is 0 Å². The number of nitrogens with one attached hydrogen (secondary N) is 2. The maximum Gasteiger partial charge on any atom is 0.315 e. The zero-order valence-electron chi connectivity index (χ0n) is 15.2. The second-order valence-electron chi connectivity index (χ2n) is 7.16. The van der Waals surface area contributed by atoms with Gasteiger partial charge in [-0.3, -0.25) is 0 Å². The first-order valence-electron chi connectivity index (χ1n) is 9.45. The van der Waals surface area contributed by atoms with Gasteiger partial charge in [-0.05, 0) is 42.7 Å². The Hall–Kier alpha value is -2.21. The summed E-state index contributed by atoms with van der Waals surface area (Å²) in [4.78, 5) is 14.8. The number of nitrogens with zero attached hydrogens (tertiary/aromatic N) is 1. The Balaban J connectivity index is 1.28. The van der Waals surface area contributed by atoms with Gasteiger partial charge < -0.3 is 20.3 Å². The number of anilines is 1. The summed E-state index contributed by atoms with van der Waals surface area (Å²) < 4.78 is 6.68. The lowest BCUT2D eigenvalue weighted by Gasteiger charge is -2.27. The third kappa shape index (κ3) is 4.38. The molecule has 2 atom stereocenters. The molecule has 2 aliphatic rings. The molecular formula is C21H24BrN3O2. The number of ether oxygens (including phenoxy) is 1. The molecule has 27 heavy (non-hydrogen) atoms. The molecule has 0 spiro atoms. The van der Waals surface area contributed by atoms with E-state index in [2.05, 4.69) is 55.7 Å². The molecule has 2 unspecified atom stereocenters. The standard InChI is InChI=1S/C21H24BrN3O2/c22-16-6-7-20-18(12-16)19(9-11-27-20)24-21(26)23-13-15-8-10-25(14-15)17-4-2-1-3-5-17/h1-7,12,15,19H,8-11,13-14H2,(H2,23,24,26). The van der Waals surface area contributed by atoms with Crippen LogP contribution in [0.15, 0.2) is 53.0 Å². The van der Waals surface area contributed by atoms with E-state index in [0.29, 0.717) is 19.1 Å². The van der Waals surface area contributed by atoms with E-state index in [0.717, 1.165) is 41.7 Å². The van der Waals surface area contributed by atoms with Gasteiger partial charge in [-0.2, -0.15) is 0 Å². The van der Waals surface area contributed by atoms with Gasteiger partial charge in [0.1, 0.15) is 5.75 Å². The normalized spacial score (nSPS) is 21.3. The Labute approximate surface area is 168 Å². The molecule has 1 saturated heterocycles. The molecular weight excluding hydrogens is 406 g/mol. The van der Waals surface area contributed by atoms with E-state index < -0.39 is 0 Å². The monoisotopic (exact) mass is 429 g/mol. The first-order chi connectivity index (χ1) is 13.2.